The van der Waals surface area contributed by atoms with Crippen molar-refractivity contribution in [1.29, 1.82) is 0 Å². The Morgan fingerprint density at radius 3 is 2.18 bits per heavy atom. The smallest absolute Gasteiger partial charge is 0.367 e. The van der Waals surface area contributed by atoms with Gasteiger partial charge in [0.05, 0.1) is 10.5 Å². The summed E-state index contributed by atoms with van der Waals surface area (Å²) in [7, 11) is -3.70. The molecule has 1 unspecified atom stereocenters. The van der Waals surface area contributed by atoms with E-state index in [1.807, 2.05) is 19.1 Å². The standard InChI is InChI=1S/C24H24F3N3O2S/c1-17(30-15-14-18-4-2-3-5-23(18)30)16-28-33(31,32)22-12-10-21(11-13-22)29-20-8-6-19(7-9-20)24(25,26)27/h2-13,17,28-29H,14-16H2,1H3. The van der Waals surface area contributed by atoms with Crippen LogP contribution in [0, 0.1) is 0 Å². The molecule has 2 N–H and O–H groups in total. The summed E-state index contributed by atoms with van der Waals surface area (Å²) in [5.41, 5.74) is 2.71. The molecule has 0 amide bonds. The summed E-state index contributed by atoms with van der Waals surface area (Å²) in [5, 5.41) is 2.97. The van der Waals surface area contributed by atoms with E-state index in [4.69, 9.17) is 0 Å². The molecular formula is C24H24F3N3O2S. The van der Waals surface area contributed by atoms with E-state index >= 15 is 0 Å². The molecule has 0 fully saturated rings. The van der Waals surface area contributed by atoms with Crippen LogP contribution in [0.5, 0.6) is 0 Å². The molecule has 5 nitrogen and oxygen atoms in total. The fourth-order valence-corrected chi connectivity index (χ4v) is 4.99. The van der Waals surface area contributed by atoms with E-state index in [2.05, 4.69) is 27.1 Å². The first-order valence-corrected chi connectivity index (χ1v) is 12.0. The fraction of sp³-hybridized carbons (Fsp3) is 0.250. The number of sulfonamides is 1. The van der Waals surface area contributed by atoms with E-state index < -0.39 is 21.8 Å². The van der Waals surface area contributed by atoms with Crippen LogP contribution in [-0.2, 0) is 22.6 Å². The number of alkyl halides is 3. The molecule has 0 saturated carbocycles. The number of hydrogen-bond donors (Lipinski definition) is 2. The topological polar surface area (TPSA) is 61.4 Å². The van der Waals surface area contributed by atoms with Gasteiger partial charge in [0.1, 0.15) is 0 Å². The number of nitrogens with zero attached hydrogens (tertiary/aromatic N) is 1. The summed E-state index contributed by atoms with van der Waals surface area (Å²) in [6.45, 7) is 3.11. The fourth-order valence-electron chi connectivity index (χ4n) is 3.87. The van der Waals surface area contributed by atoms with Gasteiger partial charge in [-0.3, -0.25) is 0 Å². The largest absolute Gasteiger partial charge is 0.416 e. The zero-order valence-electron chi connectivity index (χ0n) is 17.9. The maximum Gasteiger partial charge on any atom is 0.416 e. The van der Waals surface area contributed by atoms with Crippen molar-refractivity contribution < 1.29 is 21.6 Å². The third-order valence-corrected chi connectivity index (χ3v) is 7.13. The van der Waals surface area contributed by atoms with Gasteiger partial charge in [-0.25, -0.2) is 13.1 Å². The molecule has 1 aliphatic rings. The molecule has 0 spiro atoms. The number of halogens is 3. The molecule has 4 rings (SSSR count). The molecule has 0 radical (unpaired) electrons. The zero-order valence-corrected chi connectivity index (χ0v) is 18.7. The van der Waals surface area contributed by atoms with Gasteiger partial charge in [-0.2, -0.15) is 13.2 Å². The van der Waals surface area contributed by atoms with Crippen molar-refractivity contribution in [1.82, 2.24) is 4.72 Å². The summed E-state index contributed by atoms with van der Waals surface area (Å²) >= 11 is 0. The lowest BCUT2D eigenvalue weighted by Gasteiger charge is -2.27. The highest BCUT2D eigenvalue weighted by Gasteiger charge is 2.30. The third kappa shape index (κ3) is 5.31. The Hall–Kier alpha value is -3.04. The number of hydrogen-bond acceptors (Lipinski definition) is 4. The first-order chi connectivity index (χ1) is 15.6. The predicted molar refractivity (Wildman–Crippen MR) is 123 cm³/mol. The first-order valence-electron chi connectivity index (χ1n) is 10.5. The number of fused-ring (bicyclic) bond motifs is 1. The molecule has 3 aromatic carbocycles. The SMILES string of the molecule is CC(CNS(=O)(=O)c1ccc(Nc2ccc(C(F)(F)F)cc2)cc1)N1CCc2ccccc21. The van der Waals surface area contributed by atoms with Crippen molar-refractivity contribution in [2.45, 2.75) is 30.5 Å². The maximum absolute atomic E-state index is 12.7. The Labute approximate surface area is 191 Å². The quantitative estimate of drug-likeness (QED) is 0.495. The lowest BCUT2D eigenvalue weighted by atomic mass is 10.2. The summed E-state index contributed by atoms with van der Waals surface area (Å²) in [6, 6.07) is 18.8. The van der Waals surface area contributed by atoms with Crippen LogP contribution in [0.2, 0.25) is 0 Å². The minimum absolute atomic E-state index is 0.0102. The molecule has 1 heterocycles. The van der Waals surface area contributed by atoms with Crippen molar-refractivity contribution in [2.75, 3.05) is 23.3 Å². The van der Waals surface area contributed by atoms with E-state index in [9.17, 15) is 21.6 Å². The molecule has 0 aliphatic carbocycles. The Bertz CT molecular complexity index is 1210. The number of benzene rings is 3. The monoisotopic (exact) mass is 475 g/mol. The Balaban J connectivity index is 1.37. The Morgan fingerprint density at radius 2 is 1.55 bits per heavy atom. The number of anilines is 3. The zero-order chi connectivity index (χ0) is 23.6. The van der Waals surface area contributed by atoms with Gasteiger partial charge in [-0.15, -0.1) is 0 Å². The third-order valence-electron chi connectivity index (χ3n) is 5.69. The van der Waals surface area contributed by atoms with E-state index in [-0.39, 0.29) is 17.5 Å². The van der Waals surface area contributed by atoms with Crippen LogP contribution in [0.1, 0.15) is 18.1 Å². The normalized spacial score (nSPS) is 14.7. The van der Waals surface area contributed by atoms with E-state index in [0.29, 0.717) is 11.4 Å². The number of para-hydroxylation sites is 1. The van der Waals surface area contributed by atoms with Crippen LogP contribution in [0.4, 0.5) is 30.2 Å². The van der Waals surface area contributed by atoms with Gasteiger partial charge in [0.15, 0.2) is 0 Å². The minimum Gasteiger partial charge on any atom is -0.367 e. The van der Waals surface area contributed by atoms with Crippen LogP contribution >= 0.6 is 0 Å². The molecule has 1 aliphatic heterocycles. The first kappa shape index (κ1) is 23.1. The summed E-state index contributed by atoms with van der Waals surface area (Å²) < 4.78 is 66.2. The highest BCUT2D eigenvalue weighted by atomic mass is 32.2. The van der Waals surface area contributed by atoms with Crippen molar-refractivity contribution in [2.24, 2.45) is 0 Å². The van der Waals surface area contributed by atoms with Gasteiger partial charge >= 0.3 is 6.18 Å². The second-order valence-corrected chi connectivity index (χ2v) is 9.76. The minimum atomic E-state index is -4.39. The summed E-state index contributed by atoms with van der Waals surface area (Å²) in [6.07, 6.45) is -3.45. The summed E-state index contributed by atoms with van der Waals surface area (Å²) in [4.78, 5) is 2.32. The molecule has 3 aromatic rings. The van der Waals surface area contributed by atoms with Gasteiger partial charge in [0.25, 0.3) is 0 Å². The second-order valence-electron chi connectivity index (χ2n) is 8.00. The Kier molecular flexibility index (Phi) is 6.36. The molecule has 9 heteroatoms. The molecule has 1 atom stereocenters. The number of rotatable bonds is 7. The van der Waals surface area contributed by atoms with Gasteiger partial charge < -0.3 is 10.2 Å². The average Bonchev–Trinajstić information content (AvgIpc) is 3.22. The van der Waals surface area contributed by atoms with Crippen LogP contribution < -0.4 is 14.9 Å². The van der Waals surface area contributed by atoms with Crippen LogP contribution in [0.15, 0.2) is 77.7 Å². The van der Waals surface area contributed by atoms with Gasteiger partial charge in [-0.1, -0.05) is 18.2 Å². The average molecular weight is 476 g/mol. The van der Waals surface area contributed by atoms with Crippen molar-refractivity contribution in [3.63, 3.8) is 0 Å². The van der Waals surface area contributed by atoms with Gasteiger partial charge in [-0.05, 0) is 73.5 Å². The van der Waals surface area contributed by atoms with Gasteiger partial charge in [0.2, 0.25) is 10.0 Å². The predicted octanol–water partition coefficient (Wildman–Crippen LogP) is 5.18. The summed E-state index contributed by atoms with van der Waals surface area (Å²) in [5.74, 6) is 0. The molecule has 0 saturated heterocycles. The number of nitrogens with one attached hydrogen (secondary N) is 2. The molecule has 33 heavy (non-hydrogen) atoms. The van der Waals surface area contributed by atoms with Crippen molar-refractivity contribution >= 4 is 27.1 Å². The highest BCUT2D eigenvalue weighted by molar-refractivity contribution is 7.89. The van der Waals surface area contributed by atoms with Crippen molar-refractivity contribution in [3.8, 4) is 0 Å². The maximum atomic E-state index is 12.7. The van der Waals surface area contributed by atoms with E-state index in [0.717, 1.165) is 30.8 Å². The van der Waals surface area contributed by atoms with E-state index in [1.165, 1.54) is 29.8 Å². The van der Waals surface area contributed by atoms with Crippen LogP contribution in [-0.4, -0.2) is 27.5 Å². The molecular weight excluding hydrogens is 451 g/mol. The molecule has 0 aromatic heterocycles. The highest BCUT2D eigenvalue weighted by Crippen LogP contribution is 2.31. The lowest BCUT2D eigenvalue weighted by Crippen LogP contribution is -2.41. The van der Waals surface area contributed by atoms with Crippen LogP contribution in [0.25, 0.3) is 0 Å². The molecule has 0 bridgehead atoms. The van der Waals surface area contributed by atoms with Crippen molar-refractivity contribution in [3.05, 3.63) is 83.9 Å². The van der Waals surface area contributed by atoms with Gasteiger partial charge in [0, 0.05) is 36.2 Å². The van der Waals surface area contributed by atoms with E-state index in [1.54, 1.807) is 12.1 Å². The van der Waals surface area contributed by atoms with Crippen LogP contribution in [0.3, 0.4) is 0 Å². The molecule has 174 valence electrons. The Morgan fingerprint density at radius 1 is 0.939 bits per heavy atom. The second kappa shape index (κ2) is 9.07. The lowest BCUT2D eigenvalue weighted by molar-refractivity contribution is -0.137.